The molecule has 1 atom stereocenters. The number of ether oxygens (including phenoxy) is 1. The largest absolute Gasteiger partial charge is 0.376 e. The molecule has 1 unspecified atom stereocenters. The van der Waals surface area contributed by atoms with E-state index in [0.29, 0.717) is 13.1 Å². The normalized spacial score (nSPS) is 18.0. The van der Waals surface area contributed by atoms with Crippen molar-refractivity contribution in [2.45, 2.75) is 25.5 Å². The molecule has 0 saturated carbocycles. The monoisotopic (exact) mass is 385 g/mol. The Morgan fingerprint density at radius 2 is 2.29 bits per heavy atom. The van der Waals surface area contributed by atoms with E-state index in [4.69, 9.17) is 4.74 Å². The van der Waals surface area contributed by atoms with Crippen molar-refractivity contribution in [3.63, 3.8) is 0 Å². The van der Waals surface area contributed by atoms with Crippen LogP contribution in [0.2, 0.25) is 0 Å². The summed E-state index contributed by atoms with van der Waals surface area (Å²) in [5, 5.41) is 3.98. The number of carbonyl (C=O) groups excluding carboxylic acids is 1. The minimum absolute atomic E-state index is 0.0841. The Balaban J connectivity index is 1.77. The van der Waals surface area contributed by atoms with Gasteiger partial charge in [0.2, 0.25) is 0 Å². The van der Waals surface area contributed by atoms with E-state index in [1.807, 2.05) is 27.8 Å². The molecule has 0 N–H and O–H groups in total. The van der Waals surface area contributed by atoms with Crippen molar-refractivity contribution in [3.8, 4) is 0 Å². The highest BCUT2D eigenvalue weighted by Gasteiger charge is 2.25. The number of rotatable bonds is 5. The van der Waals surface area contributed by atoms with Crippen LogP contribution in [0.5, 0.6) is 0 Å². The van der Waals surface area contributed by atoms with Crippen molar-refractivity contribution < 1.29 is 9.53 Å². The standard InChI is InChI=1S/C15H16BrNO2S2/c16-13-5-8-21-14(13)15(18)17(9-11-3-1-6-19-11)10-12-4-2-7-20-12/h2,4-5,7-8,11H,1,3,6,9-10H2. The van der Waals surface area contributed by atoms with Crippen LogP contribution in [-0.2, 0) is 11.3 Å². The van der Waals surface area contributed by atoms with E-state index in [-0.39, 0.29) is 12.0 Å². The van der Waals surface area contributed by atoms with Crippen LogP contribution >= 0.6 is 38.6 Å². The van der Waals surface area contributed by atoms with Gasteiger partial charge in [0.15, 0.2) is 0 Å². The smallest absolute Gasteiger partial charge is 0.265 e. The Morgan fingerprint density at radius 1 is 1.38 bits per heavy atom. The van der Waals surface area contributed by atoms with Gasteiger partial charge in [-0.1, -0.05) is 6.07 Å². The van der Waals surface area contributed by atoms with Gasteiger partial charge in [0, 0.05) is 22.5 Å². The fourth-order valence-corrected chi connectivity index (χ4v) is 4.66. The van der Waals surface area contributed by atoms with Gasteiger partial charge in [0.1, 0.15) is 4.88 Å². The molecule has 1 saturated heterocycles. The van der Waals surface area contributed by atoms with Gasteiger partial charge < -0.3 is 9.64 Å². The maximum absolute atomic E-state index is 12.8. The molecular formula is C15H16BrNO2S2. The van der Waals surface area contributed by atoms with Crippen LogP contribution in [0.25, 0.3) is 0 Å². The third-order valence-electron chi connectivity index (χ3n) is 3.47. The Morgan fingerprint density at radius 3 is 2.90 bits per heavy atom. The second-order valence-corrected chi connectivity index (χ2v) is 7.80. The molecule has 2 aromatic rings. The average Bonchev–Trinajstić information content (AvgIpc) is 3.19. The molecule has 3 rings (SSSR count). The zero-order valence-corrected chi connectivity index (χ0v) is 14.7. The van der Waals surface area contributed by atoms with Gasteiger partial charge in [0.05, 0.1) is 12.6 Å². The summed E-state index contributed by atoms with van der Waals surface area (Å²) in [6.07, 6.45) is 2.31. The first kappa shape index (κ1) is 15.2. The van der Waals surface area contributed by atoms with Crippen LogP contribution in [-0.4, -0.2) is 30.1 Å². The van der Waals surface area contributed by atoms with Gasteiger partial charge in [-0.05, 0) is 51.7 Å². The van der Waals surface area contributed by atoms with E-state index in [0.717, 1.165) is 28.8 Å². The van der Waals surface area contributed by atoms with Gasteiger partial charge in [-0.2, -0.15) is 0 Å². The van der Waals surface area contributed by atoms with E-state index < -0.39 is 0 Å². The minimum atomic E-state index is 0.0841. The van der Waals surface area contributed by atoms with E-state index >= 15 is 0 Å². The molecule has 6 heteroatoms. The topological polar surface area (TPSA) is 29.5 Å². The quantitative estimate of drug-likeness (QED) is 0.763. The predicted octanol–water partition coefficient (Wildman–Crippen LogP) is 4.39. The summed E-state index contributed by atoms with van der Waals surface area (Å²) in [5.74, 6) is 0.0841. The van der Waals surface area contributed by atoms with Crippen molar-refractivity contribution in [2.75, 3.05) is 13.2 Å². The van der Waals surface area contributed by atoms with Crippen LogP contribution in [0.15, 0.2) is 33.4 Å². The van der Waals surface area contributed by atoms with Crippen LogP contribution in [0.3, 0.4) is 0 Å². The van der Waals surface area contributed by atoms with E-state index in [1.165, 1.54) is 16.2 Å². The molecule has 21 heavy (non-hydrogen) atoms. The molecule has 2 aromatic heterocycles. The Hall–Kier alpha value is -0.690. The number of halogens is 1. The molecule has 0 bridgehead atoms. The zero-order valence-electron chi connectivity index (χ0n) is 11.5. The van der Waals surface area contributed by atoms with Crippen LogP contribution in [0.4, 0.5) is 0 Å². The lowest BCUT2D eigenvalue weighted by molar-refractivity contribution is 0.0512. The molecule has 3 nitrogen and oxygen atoms in total. The third-order valence-corrected chi connectivity index (χ3v) is 6.16. The number of hydrogen-bond donors (Lipinski definition) is 0. The van der Waals surface area contributed by atoms with E-state index in [2.05, 4.69) is 22.0 Å². The SMILES string of the molecule is O=C(c1sccc1Br)N(Cc1cccs1)CC1CCCO1. The lowest BCUT2D eigenvalue weighted by atomic mass is 10.2. The fraction of sp³-hybridized carbons (Fsp3) is 0.400. The lowest BCUT2D eigenvalue weighted by Gasteiger charge is -2.24. The molecule has 1 aliphatic heterocycles. The predicted molar refractivity (Wildman–Crippen MR) is 90.1 cm³/mol. The first-order valence-corrected chi connectivity index (χ1v) is 9.45. The van der Waals surface area contributed by atoms with Crippen molar-refractivity contribution in [2.24, 2.45) is 0 Å². The van der Waals surface area contributed by atoms with E-state index in [1.54, 1.807) is 11.3 Å². The number of hydrogen-bond acceptors (Lipinski definition) is 4. The van der Waals surface area contributed by atoms with Crippen LogP contribution < -0.4 is 0 Å². The number of nitrogens with zero attached hydrogens (tertiary/aromatic N) is 1. The van der Waals surface area contributed by atoms with Crippen LogP contribution in [0.1, 0.15) is 27.4 Å². The molecule has 1 fully saturated rings. The summed E-state index contributed by atoms with van der Waals surface area (Å²) < 4.78 is 6.58. The highest BCUT2D eigenvalue weighted by Crippen LogP contribution is 2.26. The van der Waals surface area contributed by atoms with Crippen molar-refractivity contribution in [1.82, 2.24) is 4.90 Å². The molecule has 1 amide bonds. The second-order valence-electron chi connectivity index (χ2n) is 5.00. The summed E-state index contributed by atoms with van der Waals surface area (Å²) in [7, 11) is 0. The summed E-state index contributed by atoms with van der Waals surface area (Å²) in [4.78, 5) is 16.7. The van der Waals surface area contributed by atoms with Crippen molar-refractivity contribution >= 4 is 44.5 Å². The molecular weight excluding hydrogens is 370 g/mol. The van der Waals surface area contributed by atoms with Gasteiger partial charge in [0.25, 0.3) is 5.91 Å². The molecule has 3 heterocycles. The summed E-state index contributed by atoms with van der Waals surface area (Å²) in [6, 6.07) is 6.02. The molecule has 0 aromatic carbocycles. The first-order valence-electron chi connectivity index (χ1n) is 6.90. The van der Waals surface area contributed by atoms with E-state index in [9.17, 15) is 4.79 Å². The maximum Gasteiger partial charge on any atom is 0.265 e. The molecule has 0 spiro atoms. The van der Waals surface area contributed by atoms with Crippen LogP contribution in [0, 0.1) is 0 Å². The summed E-state index contributed by atoms with van der Waals surface area (Å²) in [6.45, 7) is 2.14. The maximum atomic E-state index is 12.8. The minimum Gasteiger partial charge on any atom is -0.376 e. The average molecular weight is 386 g/mol. The molecule has 1 aliphatic rings. The molecule has 112 valence electrons. The van der Waals surface area contributed by atoms with Crippen molar-refractivity contribution in [1.29, 1.82) is 0 Å². The number of thiophene rings is 2. The Bertz CT molecular complexity index is 591. The summed E-state index contributed by atoms with van der Waals surface area (Å²) in [5.41, 5.74) is 0. The highest BCUT2D eigenvalue weighted by molar-refractivity contribution is 9.10. The highest BCUT2D eigenvalue weighted by atomic mass is 79.9. The number of amides is 1. The second kappa shape index (κ2) is 7.05. The fourth-order valence-electron chi connectivity index (χ4n) is 2.43. The van der Waals surface area contributed by atoms with Gasteiger partial charge in [-0.3, -0.25) is 4.79 Å². The van der Waals surface area contributed by atoms with Gasteiger partial charge >= 0.3 is 0 Å². The number of carbonyl (C=O) groups is 1. The third kappa shape index (κ3) is 3.74. The first-order chi connectivity index (χ1) is 10.2. The molecule has 0 radical (unpaired) electrons. The molecule has 0 aliphatic carbocycles. The van der Waals surface area contributed by atoms with Crippen molar-refractivity contribution in [3.05, 3.63) is 43.2 Å². The summed E-state index contributed by atoms with van der Waals surface area (Å²) >= 11 is 6.63. The zero-order chi connectivity index (χ0) is 14.7. The van der Waals surface area contributed by atoms with Gasteiger partial charge in [-0.25, -0.2) is 0 Å². The Labute approximate surface area is 140 Å². The Kier molecular flexibility index (Phi) is 5.11. The van der Waals surface area contributed by atoms with Gasteiger partial charge in [-0.15, -0.1) is 22.7 Å². The lowest BCUT2D eigenvalue weighted by Crippen LogP contribution is -2.36.